The Labute approximate surface area is 121 Å². The maximum absolute atomic E-state index is 11.8. The van der Waals surface area contributed by atoms with Crippen molar-refractivity contribution in [3.05, 3.63) is 41.0 Å². The molecule has 0 atom stereocenters. The van der Waals surface area contributed by atoms with Crippen LogP contribution in [0.4, 0.5) is 10.8 Å². The summed E-state index contributed by atoms with van der Waals surface area (Å²) in [5.74, 6) is 0.0848. The number of aromatic nitrogens is 1. The van der Waals surface area contributed by atoms with Crippen molar-refractivity contribution < 1.29 is 4.79 Å². The second-order valence-electron chi connectivity index (χ2n) is 4.87. The van der Waals surface area contributed by atoms with Gasteiger partial charge in [-0.25, -0.2) is 0 Å². The Kier molecular flexibility index (Phi) is 3.31. The zero-order chi connectivity index (χ0) is 14.1. The fourth-order valence-electron chi connectivity index (χ4n) is 2.59. The van der Waals surface area contributed by atoms with Crippen molar-refractivity contribution in [3.8, 4) is 0 Å². The molecule has 0 saturated carbocycles. The van der Waals surface area contributed by atoms with Gasteiger partial charge in [-0.3, -0.25) is 4.79 Å². The molecule has 1 heterocycles. The Hall–Kier alpha value is -2.08. The minimum Gasteiger partial charge on any atom is -0.382 e. The SMILES string of the molecule is CNC(=O)c1c(N)nsc1NC1Cc2ccccc2C1. The molecule has 1 aromatic carbocycles. The predicted molar refractivity (Wildman–Crippen MR) is 81.2 cm³/mol. The Morgan fingerprint density at radius 1 is 1.35 bits per heavy atom. The van der Waals surface area contributed by atoms with Gasteiger partial charge in [0.15, 0.2) is 5.82 Å². The highest BCUT2D eigenvalue weighted by atomic mass is 32.1. The largest absolute Gasteiger partial charge is 0.382 e. The fraction of sp³-hybridized carbons (Fsp3) is 0.286. The van der Waals surface area contributed by atoms with E-state index in [2.05, 4.69) is 39.3 Å². The zero-order valence-electron chi connectivity index (χ0n) is 11.1. The summed E-state index contributed by atoms with van der Waals surface area (Å²) < 4.78 is 4.07. The van der Waals surface area contributed by atoms with Gasteiger partial charge in [-0.1, -0.05) is 24.3 Å². The molecule has 1 aliphatic carbocycles. The third kappa shape index (κ3) is 2.22. The Bertz CT molecular complexity index is 627. The van der Waals surface area contributed by atoms with Gasteiger partial charge in [-0.15, -0.1) is 0 Å². The van der Waals surface area contributed by atoms with Gasteiger partial charge in [0, 0.05) is 13.1 Å². The average molecular weight is 288 g/mol. The molecule has 4 N–H and O–H groups in total. The number of benzene rings is 1. The molecule has 6 heteroatoms. The van der Waals surface area contributed by atoms with Crippen LogP contribution < -0.4 is 16.4 Å². The summed E-state index contributed by atoms with van der Waals surface area (Å²) in [6.45, 7) is 0. The molecule has 1 aromatic heterocycles. The number of rotatable bonds is 3. The van der Waals surface area contributed by atoms with Gasteiger partial charge in [0.1, 0.15) is 10.6 Å². The number of nitrogens with zero attached hydrogens (tertiary/aromatic N) is 1. The van der Waals surface area contributed by atoms with E-state index in [0.29, 0.717) is 5.56 Å². The summed E-state index contributed by atoms with van der Waals surface area (Å²) in [6.07, 6.45) is 1.92. The van der Waals surface area contributed by atoms with E-state index in [-0.39, 0.29) is 17.8 Å². The van der Waals surface area contributed by atoms with Crippen molar-refractivity contribution in [1.82, 2.24) is 9.69 Å². The normalized spacial score (nSPS) is 14.1. The highest BCUT2D eigenvalue weighted by Crippen LogP contribution is 2.30. The molecule has 0 bridgehead atoms. The van der Waals surface area contributed by atoms with Gasteiger partial charge in [0.05, 0.1) is 0 Å². The Morgan fingerprint density at radius 3 is 2.60 bits per heavy atom. The van der Waals surface area contributed by atoms with Gasteiger partial charge in [-0.2, -0.15) is 4.37 Å². The number of nitrogens with two attached hydrogens (primary N) is 1. The van der Waals surface area contributed by atoms with E-state index >= 15 is 0 Å². The summed E-state index contributed by atoms with van der Waals surface area (Å²) in [6, 6.07) is 8.70. The van der Waals surface area contributed by atoms with Gasteiger partial charge >= 0.3 is 0 Å². The van der Waals surface area contributed by atoms with Gasteiger partial charge in [0.2, 0.25) is 0 Å². The lowest BCUT2D eigenvalue weighted by Gasteiger charge is -2.12. The Morgan fingerprint density at radius 2 is 2.00 bits per heavy atom. The number of anilines is 2. The number of nitrogens with one attached hydrogen (secondary N) is 2. The first-order chi connectivity index (χ1) is 9.69. The van der Waals surface area contributed by atoms with Gasteiger partial charge in [-0.05, 0) is 35.5 Å². The maximum Gasteiger partial charge on any atom is 0.257 e. The van der Waals surface area contributed by atoms with Crippen LogP contribution in [-0.2, 0) is 12.8 Å². The maximum atomic E-state index is 11.8. The van der Waals surface area contributed by atoms with E-state index in [1.54, 1.807) is 7.05 Å². The molecule has 0 radical (unpaired) electrons. The number of hydrogen-bond donors (Lipinski definition) is 3. The van der Waals surface area contributed by atoms with Crippen LogP contribution in [0, 0.1) is 0 Å². The van der Waals surface area contributed by atoms with Gasteiger partial charge in [0.25, 0.3) is 5.91 Å². The van der Waals surface area contributed by atoms with Crippen LogP contribution in [0.15, 0.2) is 24.3 Å². The number of amides is 1. The molecule has 1 amide bonds. The lowest BCUT2D eigenvalue weighted by molar-refractivity contribution is 0.0965. The summed E-state index contributed by atoms with van der Waals surface area (Å²) in [7, 11) is 1.59. The van der Waals surface area contributed by atoms with Crippen molar-refractivity contribution in [2.24, 2.45) is 0 Å². The van der Waals surface area contributed by atoms with Crippen molar-refractivity contribution >= 4 is 28.3 Å². The average Bonchev–Trinajstić information content (AvgIpc) is 3.01. The third-order valence-corrected chi connectivity index (χ3v) is 4.35. The van der Waals surface area contributed by atoms with Crippen molar-refractivity contribution in [2.45, 2.75) is 18.9 Å². The predicted octanol–water partition coefficient (Wildman–Crippen LogP) is 1.66. The molecule has 3 rings (SSSR count). The smallest absolute Gasteiger partial charge is 0.257 e. The van der Waals surface area contributed by atoms with Crippen LogP contribution in [-0.4, -0.2) is 23.4 Å². The third-order valence-electron chi connectivity index (χ3n) is 3.56. The van der Waals surface area contributed by atoms with E-state index in [0.717, 1.165) is 17.8 Å². The lowest BCUT2D eigenvalue weighted by Crippen LogP contribution is -2.23. The number of nitrogen functional groups attached to an aromatic ring is 1. The molecular weight excluding hydrogens is 272 g/mol. The summed E-state index contributed by atoms with van der Waals surface area (Å²) >= 11 is 1.24. The summed E-state index contributed by atoms with van der Waals surface area (Å²) in [5.41, 5.74) is 8.96. The molecule has 2 aromatic rings. The summed E-state index contributed by atoms with van der Waals surface area (Å²) in [5, 5.41) is 6.76. The fourth-order valence-corrected chi connectivity index (χ4v) is 3.38. The molecule has 0 saturated heterocycles. The van der Waals surface area contributed by atoms with Crippen LogP contribution in [0.3, 0.4) is 0 Å². The van der Waals surface area contributed by atoms with E-state index < -0.39 is 0 Å². The van der Waals surface area contributed by atoms with E-state index in [4.69, 9.17) is 5.73 Å². The molecule has 0 aliphatic heterocycles. The first kappa shape index (κ1) is 12.9. The molecule has 0 unspecified atom stereocenters. The highest BCUT2D eigenvalue weighted by Gasteiger charge is 2.25. The molecule has 20 heavy (non-hydrogen) atoms. The first-order valence-corrected chi connectivity index (χ1v) is 7.27. The second-order valence-corrected chi connectivity index (χ2v) is 5.64. The van der Waals surface area contributed by atoms with Crippen molar-refractivity contribution in [1.29, 1.82) is 0 Å². The monoisotopic (exact) mass is 288 g/mol. The van der Waals surface area contributed by atoms with E-state index in [1.165, 1.54) is 22.7 Å². The standard InChI is InChI=1S/C14H16N4OS/c1-16-13(19)11-12(15)18-20-14(11)17-10-6-8-4-2-3-5-9(8)7-10/h2-5,10,17H,6-7H2,1H3,(H2,15,18)(H,16,19). The quantitative estimate of drug-likeness (QED) is 0.802. The minimum absolute atomic E-state index is 0.200. The van der Waals surface area contributed by atoms with E-state index in [1.807, 2.05) is 0 Å². The van der Waals surface area contributed by atoms with Crippen molar-refractivity contribution in [2.75, 3.05) is 18.1 Å². The molecule has 0 spiro atoms. The van der Waals surface area contributed by atoms with Crippen molar-refractivity contribution in [3.63, 3.8) is 0 Å². The van der Waals surface area contributed by atoms with Crippen LogP contribution >= 0.6 is 11.5 Å². The number of carbonyl (C=O) groups excluding carboxylic acids is 1. The number of fused-ring (bicyclic) bond motifs is 1. The van der Waals surface area contributed by atoms with Crippen LogP contribution in [0.5, 0.6) is 0 Å². The Balaban J connectivity index is 1.79. The molecule has 104 valence electrons. The molecule has 5 nitrogen and oxygen atoms in total. The van der Waals surface area contributed by atoms with Crippen LogP contribution in [0.1, 0.15) is 21.5 Å². The zero-order valence-corrected chi connectivity index (χ0v) is 12.0. The highest BCUT2D eigenvalue weighted by molar-refractivity contribution is 7.11. The van der Waals surface area contributed by atoms with Gasteiger partial charge < -0.3 is 16.4 Å². The first-order valence-electron chi connectivity index (χ1n) is 6.49. The lowest BCUT2D eigenvalue weighted by atomic mass is 10.1. The molecule has 1 aliphatic rings. The van der Waals surface area contributed by atoms with Crippen LogP contribution in [0.25, 0.3) is 0 Å². The minimum atomic E-state index is -0.200. The molecular formula is C14H16N4OS. The topological polar surface area (TPSA) is 80.0 Å². The molecule has 0 fully saturated rings. The summed E-state index contributed by atoms with van der Waals surface area (Å²) in [4.78, 5) is 11.8. The number of carbonyl (C=O) groups is 1. The van der Waals surface area contributed by atoms with E-state index in [9.17, 15) is 4.79 Å². The number of hydrogen-bond acceptors (Lipinski definition) is 5. The second kappa shape index (κ2) is 5.13. The van der Waals surface area contributed by atoms with Crippen LogP contribution in [0.2, 0.25) is 0 Å².